The van der Waals surface area contributed by atoms with Crippen molar-refractivity contribution in [1.82, 2.24) is 4.98 Å². The van der Waals surface area contributed by atoms with Crippen LogP contribution in [0.25, 0.3) is 22.2 Å². The van der Waals surface area contributed by atoms with Gasteiger partial charge in [-0.3, -0.25) is 4.79 Å². The van der Waals surface area contributed by atoms with E-state index in [1.165, 1.54) is 18.4 Å². The maximum atomic E-state index is 13.8. The number of hydrogen-bond acceptors (Lipinski definition) is 5. The molecule has 0 unspecified atom stereocenters. The molecule has 2 aromatic heterocycles. The van der Waals surface area contributed by atoms with Crippen molar-refractivity contribution in [2.45, 2.75) is 32.6 Å². The highest BCUT2D eigenvalue weighted by molar-refractivity contribution is 7.17. The molecule has 1 aliphatic rings. The maximum Gasteiger partial charge on any atom is 0.341 e. The monoisotopic (exact) mass is 490 g/mol. The zero-order valence-electron chi connectivity index (χ0n) is 18.9. The number of para-hydroxylation sites is 1. The first-order chi connectivity index (χ1) is 16.5. The molecule has 2 heterocycles. The normalized spacial score (nSPS) is 12.9. The third-order valence-corrected chi connectivity index (χ3v) is 7.69. The topological polar surface area (TPSA) is 68.3 Å². The zero-order valence-corrected chi connectivity index (χ0v) is 20.5. The molecule has 0 saturated carbocycles. The molecule has 0 atom stereocenters. The number of carbonyl (C=O) groups is 2. The molecule has 0 saturated heterocycles. The summed E-state index contributed by atoms with van der Waals surface area (Å²) in [4.78, 5) is 32.4. The number of ether oxygens (including phenoxy) is 1. The van der Waals surface area contributed by atoms with Crippen LogP contribution in [-0.4, -0.2) is 24.0 Å². The second kappa shape index (κ2) is 9.20. The van der Waals surface area contributed by atoms with Crippen molar-refractivity contribution in [3.8, 4) is 11.3 Å². The minimum atomic E-state index is -0.411. The molecule has 1 N–H and O–H groups in total. The Morgan fingerprint density at radius 1 is 1.06 bits per heavy atom. The Kier molecular flexibility index (Phi) is 6.11. The highest BCUT2D eigenvalue weighted by Crippen LogP contribution is 2.39. The first-order valence-electron chi connectivity index (χ1n) is 11.2. The number of pyridine rings is 1. The Labute approximate surface area is 206 Å². The van der Waals surface area contributed by atoms with E-state index < -0.39 is 5.97 Å². The number of halogens is 1. The van der Waals surface area contributed by atoms with Crippen LogP contribution in [0.1, 0.15) is 49.6 Å². The third-order valence-electron chi connectivity index (χ3n) is 6.25. The second-order valence-electron chi connectivity index (χ2n) is 8.35. The fraction of sp³-hybridized carbons (Fsp3) is 0.222. The molecule has 4 aromatic rings. The minimum absolute atomic E-state index is 0.275. The molecule has 5 nitrogen and oxygen atoms in total. The Morgan fingerprint density at radius 3 is 2.65 bits per heavy atom. The Bertz CT molecular complexity index is 1440. The van der Waals surface area contributed by atoms with Gasteiger partial charge < -0.3 is 10.1 Å². The number of hydrogen-bond donors (Lipinski definition) is 1. The Hall–Kier alpha value is -3.22. The second-order valence-corrected chi connectivity index (χ2v) is 9.89. The summed E-state index contributed by atoms with van der Waals surface area (Å²) in [6.07, 6.45) is 3.84. The van der Waals surface area contributed by atoms with E-state index in [1.54, 1.807) is 0 Å². The van der Waals surface area contributed by atoms with Crippen molar-refractivity contribution in [2.75, 3.05) is 12.4 Å². The van der Waals surface area contributed by atoms with Crippen LogP contribution in [0.5, 0.6) is 0 Å². The lowest BCUT2D eigenvalue weighted by Gasteiger charge is -2.15. The van der Waals surface area contributed by atoms with Gasteiger partial charge in [-0.2, -0.15) is 0 Å². The van der Waals surface area contributed by atoms with Crippen molar-refractivity contribution >= 4 is 50.7 Å². The van der Waals surface area contributed by atoms with Crippen LogP contribution in [-0.2, 0) is 17.6 Å². The lowest BCUT2D eigenvalue weighted by Crippen LogP contribution is -2.17. The van der Waals surface area contributed by atoms with Crippen molar-refractivity contribution in [3.63, 3.8) is 0 Å². The number of thiophene rings is 1. The molecule has 5 rings (SSSR count). The molecule has 0 bridgehead atoms. The summed E-state index contributed by atoms with van der Waals surface area (Å²) in [6.45, 7) is 1.89. The number of fused-ring (bicyclic) bond motifs is 2. The number of nitrogens with zero attached hydrogens (tertiary/aromatic N) is 1. The molecule has 1 aliphatic carbocycles. The largest absolute Gasteiger partial charge is 0.465 e. The Morgan fingerprint density at radius 2 is 1.85 bits per heavy atom. The average molecular weight is 491 g/mol. The van der Waals surface area contributed by atoms with E-state index in [0.29, 0.717) is 32.4 Å². The standard InChI is InChI=1S/C27H23ClN2O3S/c1-15-22(18-10-3-5-12-20(18)29-24(15)16-8-7-9-17(28)14-16)25(31)30-26-23(27(32)33-2)19-11-4-6-13-21(19)34-26/h3,5,7-10,12,14H,4,6,11,13H2,1-2H3,(H,30,31). The van der Waals surface area contributed by atoms with Gasteiger partial charge in [0.05, 0.1) is 29.4 Å². The third kappa shape index (κ3) is 3.97. The molecular formula is C27H23ClN2O3S. The lowest BCUT2D eigenvalue weighted by atomic mass is 9.95. The minimum Gasteiger partial charge on any atom is -0.465 e. The van der Waals surface area contributed by atoms with Gasteiger partial charge in [-0.05, 0) is 61.9 Å². The van der Waals surface area contributed by atoms with Crippen LogP contribution >= 0.6 is 22.9 Å². The number of rotatable bonds is 4. The zero-order chi connectivity index (χ0) is 23.8. The van der Waals surface area contributed by atoms with E-state index in [-0.39, 0.29) is 5.91 Å². The number of benzene rings is 2. The van der Waals surface area contributed by atoms with Gasteiger partial charge in [0.25, 0.3) is 5.91 Å². The van der Waals surface area contributed by atoms with Crippen molar-refractivity contribution in [2.24, 2.45) is 0 Å². The van der Waals surface area contributed by atoms with Crippen molar-refractivity contribution in [3.05, 3.63) is 80.7 Å². The summed E-state index contributed by atoms with van der Waals surface area (Å²) in [6, 6.07) is 15.0. The number of carbonyl (C=O) groups excluding carboxylic acids is 2. The SMILES string of the molecule is COC(=O)c1c(NC(=O)c2c(C)c(-c3cccc(Cl)c3)nc3ccccc23)sc2c1CCCC2. The number of nitrogens with one attached hydrogen (secondary N) is 1. The number of methoxy groups -OCH3 is 1. The van der Waals surface area contributed by atoms with Gasteiger partial charge in [-0.25, -0.2) is 9.78 Å². The number of esters is 1. The predicted octanol–water partition coefficient (Wildman–Crippen LogP) is 6.84. The number of anilines is 1. The fourth-order valence-electron chi connectivity index (χ4n) is 4.65. The highest BCUT2D eigenvalue weighted by atomic mass is 35.5. The fourth-order valence-corrected chi connectivity index (χ4v) is 6.12. The number of aryl methyl sites for hydroxylation is 1. The van der Waals surface area contributed by atoms with Crippen LogP contribution in [0.4, 0.5) is 5.00 Å². The van der Waals surface area contributed by atoms with Crippen molar-refractivity contribution in [1.29, 1.82) is 0 Å². The quantitative estimate of drug-likeness (QED) is 0.318. The number of amides is 1. The van der Waals surface area contributed by atoms with E-state index >= 15 is 0 Å². The molecule has 2 aromatic carbocycles. The molecule has 0 aliphatic heterocycles. The van der Waals surface area contributed by atoms with Gasteiger partial charge in [0.1, 0.15) is 5.00 Å². The molecule has 0 spiro atoms. The van der Waals surface area contributed by atoms with E-state index in [2.05, 4.69) is 5.32 Å². The van der Waals surface area contributed by atoms with E-state index in [9.17, 15) is 9.59 Å². The first-order valence-corrected chi connectivity index (χ1v) is 12.4. The van der Waals surface area contributed by atoms with Crippen LogP contribution < -0.4 is 5.32 Å². The van der Waals surface area contributed by atoms with Crippen LogP contribution in [0.3, 0.4) is 0 Å². The van der Waals surface area contributed by atoms with Gasteiger partial charge in [0.15, 0.2) is 0 Å². The summed E-state index contributed by atoms with van der Waals surface area (Å²) < 4.78 is 5.06. The Balaban J connectivity index is 1.64. The van der Waals surface area contributed by atoms with E-state index in [0.717, 1.165) is 52.6 Å². The summed E-state index contributed by atoms with van der Waals surface area (Å²) in [5.74, 6) is -0.686. The van der Waals surface area contributed by atoms with Crippen LogP contribution in [0.15, 0.2) is 48.5 Å². The van der Waals surface area contributed by atoms with Crippen LogP contribution in [0, 0.1) is 6.92 Å². The summed E-state index contributed by atoms with van der Waals surface area (Å²) >= 11 is 7.71. The predicted molar refractivity (Wildman–Crippen MR) is 137 cm³/mol. The molecule has 7 heteroatoms. The molecule has 1 amide bonds. The van der Waals surface area contributed by atoms with E-state index in [1.807, 2.05) is 55.5 Å². The average Bonchev–Trinajstić information content (AvgIpc) is 3.20. The summed E-state index contributed by atoms with van der Waals surface area (Å²) in [5.41, 5.74) is 5.03. The van der Waals surface area contributed by atoms with Gasteiger partial charge in [0, 0.05) is 20.8 Å². The summed E-state index contributed by atoms with van der Waals surface area (Å²) in [5, 5.41) is 4.95. The lowest BCUT2D eigenvalue weighted by molar-refractivity contribution is 0.0601. The van der Waals surface area contributed by atoms with Gasteiger partial charge in [-0.15, -0.1) is 11.3 Å². The molecule has 172 valence electrons. The maximum absolute atomic E-state index is 13.8. The first kappa shape index (κ1) is 22.6. The molecule has 0 fully saturated rings. The summed E-state index contributed by atoms with van der Waals surface area (Å²) in [7, 11) is 1.37. The van der Waals surface area contributed by atoms with Crippen molar-refractivity contribution < 1.29 is 14.3 Å². The highest BCUT2D eigenvalue weighted by Gasteiger charge is 2.28. The van der Waals surface area contributed by atoms with E-state index in [4.69, 9.17) is 21.3 Å². The van der Waals surface area contributed by atoms with Gasteiger partial charge in [-0.1, -0.05) is 41.9 Å². The molecule has 0 radical (unpaired) electrons. The molecular weight excluding hydrogens is 468 g/mol. The molecule has 34 heavy (non-hydrogen) atoms. The number of aromatic nitrogens is 1. The van der Waals surface area contributed by atoms with Crippen LogP contribution in [0.2, 0.25) is 5.02 Å². The smallest absolute Gasteiger partial charge is 0.341 e. The van der Waals surface area contributed by atoms with Gasteiger partial charge >= 0.3 is 5.97 Å². The van der Waals surface area contributed by atoms with Gasteiger partial charge in [0.2, 0.25) is 0 Å².